The fraction of sp³-hybridized carbons (Fsp3) is 0.333. The Morgan fingerprint density at radius 3 is 2.88 bits per heavy atom. The van der Waals surface area contributed by atoms with Gasteiger partial charge >= 0.3 is 0 Å². The highest BCUT2D eigenvalue weighted by molar-refractivity contribution is 9.10. The van der Waals surface area contributed by atoms with Gasteiger partial charge in [-0.1, -0.05) is 15.9 Å². The molecule has 0 saturated carbocycles. The molecule has 1 unspecified atom stereocenters. The molecule has 0 aliphatic heterocycles. The molecule has 0 radical (unpaired) electrons. The molecule has 0 saturated heterocycles. The van der Waals surface area contributed by atoms with Crippen molar-refractivity contribution in [3.63, 3.8) is 0 Å². The minimum Gasteiger partial charge on any atom is -0.351 e. The second-order valence-corrected chi connectivity index (χ2v) is 4.62. The lowest BCUT2D eigenvalue weighted by Gasteiger charge is -2.08. The van der Waals surface area contributed by atoms with Gasteiger partial charge in [0.15, 0.2) is 0 Å². The smallest absolute Gasteiger partial charge is 0.251 e. The van der Waals surface area contributed by atoms with E-state index in [-0.39, 0.29) is 11.8 Å². The average molecular weight is 281 g/mol. The van der Waals surface area contributed by atoms with Gasteiger partial charge in [-0.25, -0.2) is 0 Å². The van der Waals surface area contributed by atoms with Crippen LogP contribution in [0.3, 0.4) is 0 Å². The first kappa shape index (κ1) is 12.7. The van der Waals surface area contributed by atoms with Crippen molar-refractivity contribution in [1.82, 2.24) is 5.32 Å². The Morgan fingerprint density at radius 2 is 2.31 bits per heavy atom. The van der Waals surface area contributed by atoms with Crippen LogP contribution in [0.5, 0.6) is 0 Å². The Balaban J connectivity index is 2.71. The fourth-order valence-electron chi connectivity index (χ4n) is 1.27. The first-order valence-electron chi connectivity index (χ1n) is 4.98. The summed E-state index contributed by atoms with van der Waals surface area (Å²) < 4.78 is 0.951. The van der Waals surface area contributed by atoms with Crippen LogP contribution >= 0.6 is 15.9 Å². The van der Waals surface area contributed by atoms with Crippen LogP contribution in [0.2, 0.25) is 0 Å². The molecule has 0 spiro atoms. The van der Waals surface area contributed by atoms with E-state index in [1.165, 1.54) is 0 Å². The topological polar surface area (TPSA) is 52.9 Å². The summed E-state index contributed by atoms with van der Waals surface area (Å²) in [5, 5.41) is 11.3. The second kappa shape index (κ2) is 5.66. The van der Waals surface area contributed by atoms with Crippen LogP contribution in [0.4, 0.5) is 0 Å². The second-order valence-electron chi connectivity index (χ2n) is 3.70. The van der Waals surface area contributed by atoms with Crippen LogP contribution in [0.1, 0.15) is 22.8 Å². The molecular formula is C12H13BrN2O. The summed E-state index contributed by atoms with van der Waals surface area (Å²) in [4.78, 5) is 11.8. The van der Waals surface area contributed by atoms with Crippen LogP contribution in [0, 0.1) is 24.2 Å². The number of nitrogens with one attached hydrogen (secondary N) is 1. The molecule has 1 N–H and O–H groups in total. The van der Waals surface area contributed by atoms with Gasteiger partial charge in [0.1, 0.15) is 0 Å². The number of nitrogens with zero attached hydrogens (tertiary/aromatic N) is 1. The van der Waals surface area contributed by atoms with Gasteiger partial charge in [0.2, 0.25) is 0 Å². The van der Waals surface area contributed by atoms with E-state index in [9.17, 15) is 4.79 Å². The normalized spacial score (nSPS) is 11.6. The standard InChI is InChI=1S/C12H13BrN2O/c1-8(6-14)7-15-12(16)11-4-3-10(13)5-9(11)2/h3-5,8H,7H2,1-2H3,(H,15,16). The molecule has 16 heavy (non-hydrogen) atoms. The van der Waals surface area contributed by atoms with Crippen molar-refractivity contribution in [1.29, 1.82) is 5.26 Å². The first-order chi connectivity index (χ1) is 7.54. The van der Waals surface area contributed by atoms with Gasteiger partial charge in [0.05, 0.1) is 12.0 Å². The molecular weight excluding hydrogens is 268 g/mol. The summed E-state index contributed by atoms with van der Waals surface area (Å²) >= 11 is 3.34. The number of amides is 1. The van der Waals surface area contributed by atoms with Gasteiger partial charge in [-0.15, -0.1) is 0 Å². The van der Waals surface area contributed by atoms with Gasteiger partial charge in [0.25, 0.3) is 5.91 Å². The van der Waals surface area contributed by atoms with Gasteiger partial charge < -0.3 is 5.32 Å². The zero-order valence-electron chi connectivity index (χ0n) is 9.25. The number of nitriles is 1. The van der Waals surface area contributed by atoms with Crippen LogP contribution < -0.4 is 5.32 Å². The van der Waals surface area contributed by atoms with Crippen LogP contribution in [0.15, 0.2) is 22.7 Å². The molecule has 1 atom stereocenters. The van der Waals surface area contributed by atoms with E-state index in [0.717, 1.165) is 10.0 Å². The van der Waals surface area contributed by atoms with Crippen molar-refractivity contribution >= 4 is 21.8 Å². The summed E-state index contributed by atoms with van der Waals surface area (Å²) in [6.45, 7) is 4.03. The van der Waals surface area contributed by atoms with E-state index in [2.05, 4.69) is 27.3 Å². The van der Waals surface area contributed by atoms with Gasteiger partial charge in [0, 0.05) is 16.6 Å². The molecule has 1 rings (SSSR count). The van der Waals surface area contributed by atoms with Gasteiger partial charge in [-0.2, -0.15) is 5.26 Å². The van der Waals surface area contributed by atoms with Crippen LogP contribution in [0.25, 0.3) is 0 Å². The van der Waals surface area contributed by atoms with Crippen molar-refractivity contribution in [2.45, 2.75) is 13.8 Å². The predicted octanol–water partition coefficient (Wildman–Crippen LogP) is 2.65. The molecule has 0 heterocycles. The highest BCUT2D eigenvalue weighted by Gasteiger charge is 2.09. The van der Waals surface area contributed by atoms with Crippen molar-refractivity contribution in [2.24, 2.45) is 5.92 Å². The van der Waals surface area contributed by atoms with E-state index >= 15 is 0 Å². The van der Waals surface area contributed by atoms with Gasteiger partial charge in [-0.3, -0.25) is 4.79 Å². The third-order valence-corrected chi connectivity index (χ3v) is 2.72. The highest BCUT2D eigenvalue weighted by atomic mass is 79.9. The first-order valence-corrected chi connectivity index (χ1v) is 5.78. The largest absolute Gasteiger partial charge is 0.351 e. The number of hydrogen-bond acceptors (Lipinski definition) is 2. The molecule has 1 aromatic rings. The summed E-state index contributed by atoms with van der Waals surface area (Å²) in [7, 11) is 0. The molecule has 4 heteroatoms. The van der Waals surface area contributed by atoms with E-state index in [0.29, 0.717) is 12.1 Å². The Labute approximate surface area is 104 Å². The van der Waals surface area contributed by atoms with Crippen molar-refractivity contribution in [2.75, 3.05) is 6.54 Å². The third-order valence-electron chi connectivity index (χ3n) is 2.22. The number of hydrogen-bond donors (Lipinski definition) is 1. The number of benzene rings is 1. The number of carbonyl (C=O) groups is 1. The lowest BCUT2D eigenvalue weighted by atomic mass is 10.1. The molecule has 0 aliphatic rings. The summed E-state index contributed by atoms with van der Waals surface area (Å²) in [5.41, 5.74) is 1.56. The maximum Gasteiger partial charge on any atom is 0.251 e. The predicted molar refractivity (Wildman–Crippen MR) is 66.0 cm³/mol. The Bertz CT molecular complexity index is 437. The number of halogens is 1. The van der Waals surface area contributed by atoms with Crippen molar-refractivity contribution in [3.05, 3.63) is 33.8 Å². The van der Waals surface area contributed by atoms with E-state index in [1.54, 1.807) is 13.0 Å². The van der Waals surface area contributed by atoms with Crippen LogP contribution in [-0.2, 0) is 0 Å². The molecule has 1 aromatic carbocycles. The summed E-state index contributed by atoms with van der Waals surface area (Å²) in [5.74, 6) is -0.299. The van der Waals surface area contributed by atoms with Crippen LogP contribution in [-0.4, -0.2) is 12.5 Å². The highest BCUT2D eigenvalue weighted by Crippen LogP contribution is 2.15. The molecule has 0 bridgehead atoms. The SMILES string of the molecule is Cc1cc(Br)ccc1C(=O)NCC(C)C#N. The number of rotatable bonds is 3. The minimum absolute atomic E-state index is 0.132. The molecule has 0 fully saturated rings. The lowest BCUT2D eigenvalue weighted by Crippen LogP contribution is -2.28. The summed E-state index contributed by atoms with van der Waals surface area (Å²) in [6, 6.07) is 7.56. The maximum atomic E-state index is 11.8. The third kappa shape index (κ3) is 3.35. The maximum absolute atomic E-state index is 11.8. The minimum atomic E-state index is -0.167. The molecule has 3 nitrogen and oxygen atoms in total. The average Bonchev–Trinajstić information content (AvgIpc) is 2.25. The molecule has 84 valence electrons. The number of carbonyl (C=O) groups excluding carboxylic acids is 1. The fourth-order valence-corrected chi connectivity index (χ4v) is 1.74. The molecule has 0 aliphatic carbocycles. The van der Waals surface area contributed by atoms with Crippen molar-refractivity contribution < 1.29 is 4.79 Å². The van der Waals surface area contributed by atoms with E-state index in [1.807, 2.05) is 19.1 Å². The van der Waals surface area contributed by atoms with E-state index in [4.69, 9.17) is 5.26 Å². The Morgan fingerprint density at radius 1 is 1.62 bits per heavy atom. The quantitative estimate of drug-likeness (QED) is 0.926. The monoisotopic (exact) mass is 280 g/mol. The number of aryl methyl sites for hydroxylation is 1. The Hall–Kier alpha value is -1.34. The van der Waals surface area contributed by atoms with E-state index < -0.39 is 0 Å². The molecule has 1 amide bonds. The zero-order valence-corrected chi connectivity index (χ0v) is 10.8. The lowest BCUT2D eigenvalue weighted by molar-refractivity contribution is 0.0950. The molecule has 0 aromatic heterocycles. The van der Waals surface area contributed by atoms with Gasteiger partial charge in [-0.05, 0) is 37.6 Å². The van der Waals surface area contributed by atoms with Crippen molar-refractivity contribution in [3.8, 4) is 6.07 Å². The summed E-state index contributed by atoms with van der Waals surface area (Å²) in [6.07, 6.45) is 0. The Kier molecular flexibility index (Phi) is 4.51. The zero-order chi connectivity index (χ0) is 12.1.